The van der Waals surface area contributed by atoms with Gasteiger partial charge in [-0.1, -0.05) is 42.0 Å². The van der Waals surface area contributed by atoms with Crippen molar-refractivity contribution in [3.63, 3.8) is 0 Å². The number of rotatable bonds is 4. The molecule has 0 saturated heterocycles. The van der Waals surface area contributed by atoms with E-state index in [0.717, 1.165) is 28.0 Å². The number of hydrogen-bond donors (Lipinski definition) is 1. The summed E-state index contributed by atoms with van der Waals surface area (Å²) in [6.45, 7) is 4.30. The molecule has 0 aromatic heterocycles. The average Bonchev–Trinajstić information content (AvgIpc) is 2.73. The topological polar surface area (TPSA) is 21.3 Å². The summed E-state index contributed by atoms with van der Waals surface area (Å²) in [6, 6.07) is 13.9. The summed E-state index contributed by atoms with van der Waals surface area (Å²) in [4.78, 5) is 0. The SMILES string of the molecule is CNCC1(F)Cc2cc(C)ccc2C1Oc1ccccc1C. The predicted molar refractivity (Wildman–Crippen MR) is 87.2 cm³/mol. The molecule has 2 unspecified atom stereocenters. The second-order valence-corrected chi connectivity index (χ2v) is 6.21. The molecule has 0 aliphatic heterocycles. The molecule has 3 heteroatoms. The molecule has 0 spiro atoms. The van der Waals surface area contributed by atoms with Gasteiger partial charge in [0.1, 0.15) is 5.75 Å². The first-order chi connectivity index (χ1) is 10.5. The quantitative estimate of drug-likeness (QED) is 0.924. The first kappa shape index (κ1) is 15.0. The highest BCUT2D eigenvalue weighted by atomic mass is 19.1. The van der Waals surface area contributed by atoms with Crippen LogP contribution in [0.3, 0.4) is 0 Å². The van der Waals surface area contributed by atoms with E-state index in [1.807, 2.05) is 50.2 Å². The predicted octanol–water partition coefficient (Wildman–Crippen LogP) is 3.91. The highest BCUT2D eigenvalue weighted by molar-refractivity contribution is 5.43. The van der Waals surface area contributed by atoms with E-state index >= 15 is 4.39 Å². The third-order valence-electron chi connectivity index (χ3n) is 4.34. The van der Waals surface area contributed by atoms with E-state index in [2.05, 4.69) is 11.4 Å². The second kappa shape index (κ2) is 5.73. The third kappa shape index (κ3) is 2.61. The third-order valence-corrected chi connectivity index (χ3v) is 4.34. The zero-order chi connectivity index (χ0) is 15.7. The number of halogens is 1. The van der Waals surface area contributed by atoms with Gasteiger partial charge in [0.2, 0.25) is 0 Å². The van der Waals surface area contributed by atoms with Crippen LogP contribution in [0.1, 0.15) is 28.4 Å². The summed E-state index contributed by atoms with van der Waals surface area (Å²) in [6.07, 6.45) is -0.182. The largest absolute Gasteiger partial charge is 0.482 e. The zero-order valence-corrected chi connectivity index (χ0v) is 13.3. The Hall–Kier alpha value is -1.87. The van der Waals surface area contributed by atoms with Crippen LogP contribution in [0.25, 0.3) is 0 Å². The molecular weight excluding hydrogens is 277 g/mol. The monoisotopic (exact) mass is 299 g/mol. The van der Waals surface area contributed by atoms with Crippen LogP contribution >= 0.6 is 0 Å². The Kier molecular flexibility index (Phi) is 3.92. The van der Waals surface area contributed by atoms with Crippen LogP contribution in [0, 0.1) is 13.8 Å². The number of para-hydroxylation sites is 1. The normalized spacial score (nSPS) is 23.4. The van der Waals surface area contributed by atoms with Gasteiger partial charge in [0.05, 0.1) is 0 Å². The van der Waals surface area contributed by atoms with Gasteiger partial charge >= 0.3 is 0 Å². The molecule has 116 valence electrons. The van der Waals surface area contributed by atoms with Crippen LogP contribution in [0.15, 0.2) is 42.5 Å². The molecule has 0 fully saturated rings. The Balaban J connectivity index is 2.00. The second-order valence-electron chi connectivity index (χ2n) is 6.21. The molecule has 2 nitrogen and oxygen atoms in total. The fourth-order valence-electron chi connectivity index (χ4n) is 3.27. The molecule has 1 aliphatic rings. The van der Waals surface area contributed by atoms with Crippen molar-refractivity contribution < 1.29 is 9.13 Å². The number of benzene rings is 2. The fraction of sp³-hybridized carbons (Fsp3) is 0.368. The Morgan fingerprint density at radius 1 is 1.23 bits per heavy atom. The molecule has 0 bridgehead atoms. The molecule has 0 amide bonds. The van der Waals surface area contributed by atoms with Gasteiger partial charge in [0.15, 0.2) is 11.8 Å². The van der Waals surface area contributed by atoms with Crippen LogP contribution in [0.4, 0.5) is 4.39 Å². The summed E-state index contributed by atoms with van der Waals surface area (Å²) in [5.74, 6) is 0.749. The summed E-state index contributed by atoms with van der Waals surface area (Å²) in [5, 5.41) is 2.97. The van der Waals surface area contributed by atoms with Crippen LogP contribution in [0.5, 0.6) is 5.75 Å². The van der Waals surface area contributed by atoms with Crippen LogP contribution in [-0.4, -0.2) is 19.3 Å². The van der Waals surface area contributed by atoms with Crippen molar-refractivity contribution in [2.75, 3.05) is 13.6 Å². The summed E-state index contributed by atoms with van der Waals surface area (Å²) < 4.78 is 21.7. The Morgan fingerprint density at radius 3 is 2.73 bits per heavy atom. The number of nitrogens with one attached hydrogen (secondary N) is 1. The molecular formula is C19H22FNO. The molecule has 22 heavy (non-hydrogen) atoms. The molecule has 0 heterocycles. The van der Waals surface area contributed by atoms with E-state index in [-0.39, 0.29) is 6.54 Å². The van der Waals surface area contributed by atoms with E-state index in [1.54, 1.807) is 7.05 Å². The molecule has 1 N–H and O–H groups in total. The van der Waals surface area contributed by atoms with E-state index in [1.165, 1.54) is 0 Å². The zero-order valence-electron chi connectivity index (χ0n) is 13.3. The van der Waals surface area contributed by atoms with Gasteiger partial charge in [0, 0.05) is 13.0 Å². The first-order valence-corrected chi connectivity index (χ1v) is 7.69. The van der Waals surface area contributed by atoms with E-state index < -0.39 is 11.8 Å². The lowest BCUT2D eigenvalue weighted by Crippen LogP contribution is -2.41. The van der Waals surface area contributed by atoms with Crippen molar-refractivity contribution in [2.45, 2.75) is 32.0 Å². The van der Waals surface area contributed by atoms with Gasteiger partial charge in [-0.3, -0.25) is 0 Å². The lowest BCUT2D eigenvalue weighted by atomic mass is 9.99. The number of alkyl halides is 1. The molecule has 1 aliphatic carbocycles. The van der Waals surface area contributed by atoms with Gasteiger partial charge in [-0.2, -0.15) is 0 Å². The van der Waals surface area contributed by atoms with Crippen molar-refractivity contribution in [3.8, 4) is 5.75 Å². The number of aryl methyl sites for hydroxylation is 2. The maximum absolute atomic E-state index is 15.5. The first-order valence-electron chi connectivity index (χ1n) is 7.69. The van der Waals surface area contributed by atoms with Crippen molar-refractivity contribution in [2.24, 2.45) is 0 Å². The fourth-order valence-corrected chi connectivity index (χ4v) is 3.27. The average molecular weight is 299 g/mol. The standard InChI is InChI=1S/C19H22FNO/c1-13-8-9-16-15(10-13)11-19(20,12-21-3)18(16)22-17-7-5-4-6-14(17)2/h4-10,18,21H,11-12H2,1-3H3. The Morgan fingerprint density at radius 2 is 2.00 bits per heavy atom. The highest BCUT2D eigenvalue weighted by Crippen LogP contribution is 2.45. The van der Waals surface area contributed by atoms with E-state index in [4.69, 9.17) is 4.74 Å². The number of hydrogen-bond acceptors (Lipinski definition) is 2. The maximum Gasteiger partial charge on any atom is 0.168 e. The summed E-state index contributed by atoms with van der Waals surface area (Å²) in [5.41, 5.74) is 2.77. The minimum Gasteiger partial charge on any atom is -0.482 e. The lowest BCUT2D eigenvalue weighted by molar-refractivity contribution is 0.0228. The van der Waals surface area contributed by atoms with Crippen molar-refractivity contribution in [1.82, 2.24) is 5.32 Å². The summed E-state index contributed by atoms with van der Waals surface area (Å²) in [7, 11) is 1.78. The molecule has 2 atom stereocenters. The van der Waals surface area contributed by atoms with Crippen molar-refractivity contribution >= 4 is 0 Å². The molecule has 0 saturated carbocycles. The minimum absolute atomic E-state index is 0.275. The van der Waals surface area contributed by atoms with Crippen LogP contribution in [-0.2, 0) is 6.42 Å². The minimum atomic E-state index is -1.42. The van der Waals surface area contributed by atoms with Gasteiger partial charge in [-0.05, 0) is 43.7 Å². The number of fused-ring (bicyclic) bond motifs is 1. The van der Waals surface area contributed by atoms with Gasteiger partial charge < -0.3 is 10.1 Å². The van der Waals surface area contributed by atoms with Crippen molar-refractivity contribution in [3.05, 3.63) is 64.7 Å². The van der Waals surface area contributed by atoms with E-state index in [9.17, 15) is 0 Å². The highest BCUT2D eigenvalue weighted by Gasteiger charge is 2.48. The number of ether oxygens (including phenoxy) is 1. The van der Waals surface area contributed by atoms with E-state index in [0.29, 0.717) is 6.42 Å². The van der Waals surface area contributed by atoms with Crippen LogP contribution in [0.2, 0.25) is 0 Å². The van der Waals surface area contributed by atoms with Gasteiger partial charge in [-0.25, -0.2) is 4.39 Å². The lowest BCUT2D eigenvalue weighted by Gasteiger charge is -2.29. The van der Waals surface area contributed by atoms with Gasteiger partial charge in [-0.15, -0.1) is 0 Å². The smallest absolute Gasteiger partial charge is 0.168 e. The maximum atomic E-state index is 15.5. The van der Waals surface area contributed by atoms with Crippen LogP contribution < -0.4 is 10.1 Å². The molecule has 2 aromatic rings. The molecule has 3 rings (SSSR count). The molecule has 2 aromatic carbocycles. The summed E-state index contributed by atoms with van der Waals surface area (Å²) >= 11 is 0. The Labute approximate surface area is 131 Å². The molecule has 0 radical (unpaired) electrons. The van der Waals surface area contributed by atoms with Crippen molar-refractivity contribution in [1.29, 1.82) is 0 Å². The Bertz CT molecular complexity index is 685. The van der Waals surface area contributed by atoms with Gasteiger partial charge in [0.25, 0.3) is 0 Å².